The zero-order chi connectivity index (χ0) is 18.9. The minimum absolute atomic E-state index is 0. The zero-order valence-electron chi connectivity index (χ0n) is 16.3. The van der Waals surface area contributed by atoms with Crippen molar-refractivity contribution in [2.75, 3.05) is 19.4 Å². The van der Waals surface area contributed by atoms with Crippen LogP contribution in [0.25, 0.3) is 0 Å². The summed E-state index contributed by atoms with van der Waals surface area (Å²) < 4.78 is 0. The van der Waals surface area contributed by atoms with E-state index in [0.717, 1.165) is 34.3 Å². The lowest BCUT2D eigenvalue weighted by molar-refractivity contribution is -0.116. The van der Waals surface area contributed by atoms with Crippen molar-refractivity contribution in [1.82, 2.24) is 15.2 Å². The number of carbonyl (C=O) groups excluding carboxylic acids is 1. The number of aromatic nitrogens is 1. The van der Waals surface area contributed by atoms with Crippen molar-refractivity contribution in [2.45, 2.75) is 39.8 Å². The normalized spacial score (nSPS) is 10.9. The van der Waals surface area contributed by atoms with Crippen LogP contribution in [-0.2, 0) is 17.9 Å². The first-order valence-electron chi connectivity index (χ1n) is 8.73. The number of aliphatic imine (C=N–C) groups is 1. The van der Waals surface area contributed by atoms with Crippen molar-refractivity contribution in [3.63, 3.8) is 0 Å². The lowest BCUT2D eigenvalue weighted by atomic mass is 10.2. The second-order valence-corrected chi connectivity index (χ2v) is 7.18. The van der Waals surface area contributed by atoms with Crippen molar-refractivity contribution >= 4 is 52.9 Å². The van der Waals surface area contributed by atoms with Crippen LogP contribution in [0.3, 0.4) is 0 Å². The third-order valence-electron chi connectivity index (χ3n) is 3.78. The van der Waals surface area contributed by atoms with Crippen molar-refractivity contribution in [3.8, 4) is 0 Å². The summed E-state index contributed by atoms with van der Waals surface area (Å²) in [7, 11) is 3.76. The number of nitrogens with zero attached hydrogens (tertiary/aromatic N) is 3. The van der Waals surface area contributed by atoms with E-state index >= 15 is 0 Å². The summed E-state index contributed by atoms with van der Waals surface area (Å²) in [6.07, 6.45) is 1.38. The summed E-state index contributed by atoms with van der Waals surface area (Å²) in [6, 6.07) is 7.86. The van der Waals surface area contributed by atoms with E-state index in [-0.39, 0.29) is 29.9 Å². The van der Waals surface area contributed by atoms with E-state index in [1.54, 1.807) is 18.4 Å². The van der Waals surface area contributed by atoms with Gasteiger partial charge in [0.2, 0.25) is 5.91 Å². The maximum absolute atomic E-state index is 11.7. The molecule has 0 saturated carbocycles. The molecule has 0 saturated heterocycles. The van der Waals surface area contributed by atoms with Gasteiger partial charge in [0.05, 0.1) is 17.2 Å². The maximum atomic E-state index is 11.7. The molecule has 2 aromatic rings. The average Bonchev–Trinajstić information content (AvgIpc) is 3.00. The fourth-order valence-electron chi connectivity index (χ4n) is 2.57. The predicted octanol–water partition coefficient (Wildman–Crippen LogP) is 4.02. The number of amides is 1. The number of carbonyl (C=O) groups is 1. The van der Waals surface area contributed by atoms with Gasteiger partial charge in [-0.15, -0.1) is 35.3 Å². The minimum Gasteiger partial charge on any atom is -0.352 e. The number of hydrogen-bond donors (Lipinski definition) is 2. The number of aryl methyl sites for hydroxylation is 1. The third kappa shape index (κ3) is 7.84. The molecule has 148 valence electrons. The quantitative estimate of drug-likeness (QED) is 0.342. The van der Waals surface area contributed by atoms with Gasteiger partial charge >= 0.3 is 0 Å². The average molecular weight is 501 g/mol. The molecule has 0 aliphatic heterocycles. The molecule has 0 atom stereocenters. The van der Waals surface area contributed by atoms with Crippen molar-refractivity contribution < 1.29 is 4.79 Å². The summed E-state index contributed by atoms with van der Waals surface area (Å²) in [6.45, 7) is 5.34. The highest BCUT2D eigenvalue weighted by Gasteiger charge is 2.09. The Morgan fingerprint density at radius 1 is 1.37 bits per heavy atom. The SMILES string of the molecule is CCCC(=O)Nc1cccc(CNC(=NC)N(C)Cc2csc(C)n2)c1.I. The molecule has 8 heteroatoms. The van der Waals surface area contributed by atoms with Crippen LogP contribution in [-0.4, -0.2) is 35.8 Å². The summed E-state index contributed by atoms with van der Waals surface area (Å²) in [4.78, 5) is 22.6. The fraction of sp³-hybridized carbons (Fsp3) is 0.421. The van der Waals surface area contributed by atoms with Gasteiger partial charge in [0.1, 0.15) is 0 Å². The van der Waals surface area contributed by atoms with Crippen LogP contribution >= 0.6 is 35.3 Å². The van der Waals surface area contributed by atoms with E-state index in [9.17, 15) is 4.79 Å². The molecule has 0 bridgehead atoms. The highest BCUT2D eigenvalue weighted by atomic mass is 127. The number of benzene rings is 1. The molecule has 0 fully saturated rings. The smallest absolute Gasteiger partial charge is 0.224 e. The number of guanidine groups is 1. The molecule has 1 amide bonds. The van der Waals surface area contributed by atoms with Gasteiger partial charge in [-0.25, -0.2) is 4.98 Å². The van der Waals surface area contributed by atoms with Crippen molar-refractivity contribution in [1.29, 1.82) is 0 Å². The maximum Gasteiger partial charge on any atom is 0.224 e. The van der Waals surface area contributed by atoms with E-state index in [2.05, 4.69) is 26.0 Å². The monoisotopic (exact) mass is 501 g/mol. The molecule has 1 aromatic carbocycles. The number of nitrogens with one attached hydrogen (secondary N) is 2. The molecule has 1 aromatic heterocycles. The Morgan fingerprint density at radius 3 is 2.78 bits per heavy atom. The molecule has 1 heterocycles. The molecule has 0 aliphatic carbocycles. The second kappa shape index (κ2) is 11.9. The van der Waals surface area contributed by atoms with Crippen molar-refractivity contribution in [2.24, 2.45) is 4.99 Å². The van der Waals surface area contributed by atoms with Gasteiger partial charge in [0, 0.05) is 38.1 Å². The molecule has 2 N–H and O–H groups in total. The summed E-state index contributed by atoms with van der Waals surface area (Å²) in [5.41, 5.74) is 2.95. The Hall–Kier alpha value is -1.68. The lowest BCUT2D eigenvalue weighted by Crippen LogP contribution is -2.38. The van der Waals surface area contributed by atoms with Crippen LogP contribution in [0, 0.1) is 6.92 Å². The Labute approximate surface area is 182 Å². The van der Waals surface area contributed by atoms with Crippen LogP contribution < -0.4 is 10.6 Å². The second-order valence-electron chi connectivity index (χ2n) is 6.11. The first kappa shape index (κ1) is 23.4. The van der Waals surface area contributed by atoms with Crippen LogP contribution in [0.2, 0.25) is 0 Å². The highest BCUT2D eigenvalue weighted by molar-refractivity contribution is 14.0. The van der Waals surface area contributed by atoms with E-state index in [1.807, 2.05) is 50.1 Å². The Morgan fingerprint density at radius 2 is 2.15 bits per heavy atom. The summed E-state index contributed by atoms with van der Waals surface area (Å²) in [5, 5.41) is 9.42. The third-order valence-corrected chi connectivity index (χ3v) is 4.60. The van der Waals surface area contributed by atoms with E-state index < -0.39 is 0 Å². The van der Waals surface area contributed by atoms with Gasteiger partial charge in [0.15, 0.2) is 5.96 Å². The number of thiazole rings is 1. The molecule has 27 heavy (non-hydrogen) atoms. The first-order valence-corrected chi connectivity index (χ1v) is 9.61. The zero-order valence-corrected chi connectivity index (χ0v) is 19.4. The standard InChI is InChI=1S/C19H27N5OS.HI/c1-5-7-18(25)23-16-9-6-8-15(10-16)11-21-19(20-3)24(4)12-17-13-26-14(2)22-17;/h6,8-10,13H,5,7,11-12H2,1-4H3,(H,20,21)(H,23,25);1H. The van der Waals surface area contributed by atoms with E-state index in [4.69, 9.17) is 0 Å². The molecule has 0 spiro atoms. The number of halogens is 1. The molecule has 6 nitrogen and oxygen atoms in total. The molecule has 0 unspecified atom stereocenters. The minimum atomic E-state index is 0. The van der Waals surface area contributed by atoms with Gasteiger partial charge in [-0.1, -0.05) is 19.1 Å². The highest BCUT2D eigenvalue weighted by Crippen LogP contribution is 2.12. The van der Waals surface area contributed by atoms with Crippen LogP contribution in [0.5, 0.6) is 0 Å². The van der Waals surface area contributed by atoms with Gasteiger partial charge in [-0.2, -0.15) is 0 Å². The Kier molecular flexibility index (Phi) is 10.3. The van der Waals surface area contributed by atoms with E-state index in [0.29, 0.717) is 19.5 Å². The molecule has 0 aliphatic rings. The predicted molar refractivity (Wildman–Crippen MR) is 124 cm³/mol. The molecule has 0 radical (unpaired) electrons. The van der Waals surface area contributed by atoms with Crippen LogP contribution in [0.4, 0.5) is 5.69 Å². The van der Waals surface area contributed by atoms with E-state index in [1.165, 1.54) is 0 Å². The van der Waals surface area contributed by atoms with Crippen LogP contribution in [0.1, 0.15) is 36.0 Å². The number of anilines is 1. The van der Waals surface area contributed by atoms with Gasteiger partial charge in [0.25, 0.3) is 0 Å². The van der Waals surface area contributed by atoms with Crippen molar-refractivity contribution in [3.05, 3.63) is 45.9 Å². The number of rotatable bonds is 7. The number of hydrogen-bond acceptors (Lipinski definition) is 4. The fourth-order valence-corrected chi connectivity index (χ4v) is 3.18. The van der Waals surface area contributed by atoms with Crippen LogP contribution in [0.15, 0.2) is 34.6 Å². The Bertz CT molecular complexity index is 762. The molecular formula is C19H28IN5OS. The van der Waals surface area contributed by atoms with Gasteiger partial charge < -0.3 is 15.5 Å². The summed E-state index contributed by atoms with van der Waals surface area (Å²) in [5.74, 6) is 0.850. The molecular weight excluding hydrogens is 473 g/mol. The van der Waals surface area contributed by atoms with Gasteiger partial charge in [-0.3, -0.25) is 9.79 Å². The first-order chi connectivity index (χ1) is 12.5. The lowest BCUT2D eigenvalue weighted by Gasteiger charge is -2.21. The Balaban J connectivity index is 0.00000364. The molecule has 2 rings (SSSR count). The largest absolute Gasteiger partial charge is 0.352 e. The summed E-state index contributed by atoms with van der Waals surface area (Å²) >= 11 is 1.65. The topological polar surface area (TPSA) is 69.6 Å². The van der Waals surface area contributed by atoms with Gasteiger partial charge in [-0.05, 0) is 31.0 Å².